The summed E-state index contributed by atoms with van der Waals surface area (Å²) in [5, 5.41) is 3.32. The van der Waals surface area contributed by atoms with E-state index in [1.807, 2.05) is 24.4 Å². The van der Waals surface area contributed by atoms with E-state index in [0.717, 1.165) is 17.0 Å². The van der Waals surface area contributed by atoms with E-state index >= 15 is 0 Å². The highest BCUT2D eigenvalue weighted by Gasteiger charge is 2.24. The molecule has 2 aliphatic rings. The number of aryl methyl sites for hydroxylation is 1. The number of hydrogen-bond donors (Lipinski definition) is 1. The van der Waals surface area contributed by atoms with Crippen molar-refractivity contribution in [2.24, 2.45) is 0 Å². The van der Waals surface area contributed by atoms with Gasteiger partial charge < -0.3 is 5.32 Å². The van der Waals surface area contributed by atoms with Crippen LogP contribution in [0.15, 0.2) is 61.9 Å². The summed E-state index contributed by atoms with van der Waals surface area (Å²) in [4.78, 5) is 5.12. The van der Waals surface area contributed by atoms with Gasteiger partial charge in [0.1, 0.15) is 5.82 Å². The molecular formula is C26H28N2. The van der Waals surface area contributed by atoms with Crippen LogP contribution in [0.2, 0.25) is 0 Å². The largest absolute Gasteiger partial charge is 0.346 e. The maximum atomic E-state index is 5.12. The van der Waals surface area contributed by atoms with Gasteiger partial charge in [-0.2, -0.15) is 0 Å². The minimum Gasteiger partial charge on any atom is -0.346 e. The van der Waals surface area contributed by atoms with E-state index in [1.54, 1.807) is 0 Å². The molecule has 0 unspecified atom stereocenters. The summed E-state index contributed by atoms with van der Waals surface area (Å²) in [5.41, 5.74) is 8.31. The zero-order valence-electron chi connectivity index (χ0n) is 16.7. The van der Waals surface area contributed by atoms with Crippen molar-refractivity contribution in [1.82, 2.24) is 4.98 Å². The van der Waals surface area contributed by atoms with Gasteiger partial charge in [0.05, 0.1) is 5.69 Å². The standard InChI is InChI=1S/C26H28N2/c1-4-5-9-21-16-22(13-12-18(21)2)24-17-23-19(3)14-15-27-26(23)28-25(24)20-10-7-6-8-11-20/h4-5,9,12-17,20H,1,3,6-8,10-11H2,2H3,(H,27,28)/b9-5-. The second kappa shape index (κ2) is 8.02. The van der Waals surface area contributed by atoms with Crippen molar-refractivity contribution in [3.63, 3.8) is 0 Å². The fraction of sp³-hybridized carbons (Fsp3) is 0.269. The van der Waals surface area contributed by atoms with Gasteiger partial charge in [0.25, 0.3) is 0 Å². The maximum absolute atomic E-state index is 5.12. The van der Waals surface area contributed by atoms with Gasteiger partial charge in [-0.1, -0.05) is 62.8 Å². The van der Waals surface area contributed by atoms with Crippen molar-refractivity contribution < 1.29 is 0 Å². The van der Waals surface area contributed by atoms with Gasteiger partial charge in [-0.15, -0.1) is 0 Å². The summed E-state index contributed by atoms with van der Waals surface area (Å²) in [6, 6.07) is 9.00. The van der Waals surface area contributed by atoms with E-state index in [0.29, 0.717) is 5.92 Å². The number of fused-ring (bicyclic) bond motifs is 1. The Hall–Kier alpha value is -2.87. The Morgan fingerprint density at radius 1 is 1.11 bits per heavy atom. The molecule has 0 radical (unpaired) electrons. The minimum absolute atomic E-state index is 0.531. The van der Waals surface area contributed by atoms with Gasteiger partial charge in [-0.05, 0) is 60.2 Å². The van der Waals surface area contributed by atoms with Crippen LogP contribution in [0, 0.1) is 6.92 Å². The molecule has 2 aromatic rings. The first-order valence-electron chi connectivity index (χ1n) is 10.2. The van der Waals surface area contributed by atoms with Crippen LogP contribution < -0.4 is 5.32 Å². The van der Waals surface area contributed by atoms with E-state index in [1.165, 1.54) is 60.1 Å². The third kappa shape index (κ3) is 3.60. The van der Waals surface area contributed by atoms with Gasteiger partial charge in [0, 0.05) is 23.2 Å². The normalized spacial score (nSPS) is 16.8. The van der Waals surface area contributed by atoms with Crippen LogP contribution in [0.5, 0.6) is 0 Å². The molecule has 1 fully saturated rings. The molecule has 142 valence electrons. The average molecular weight is 369 g/mol. The first-order chi connectivity index (χ1) is 13.7. The average Bonchev–Trinajstić information content (AvgIpc) is 2.73. The molecule has 4 rings (SSSR count). The van der Waals surface area contributed by atoms with E-state index in [9.17, 15) is 0 Å². The molecule has 1 aliphatic carbocycles. The number of allylic oxidation sites excluding steroid dienone is 4. The van der Waals surface area contributed by atoms with Gasteiger partial charge in [0.15, 0.2) is 0 Å². The Bertz CT molecular complexity index is 972. The van der Waals surface area contributed by atoms with E-state index in [2.05, 4.69) is 55.7 Å². The Balaban J connectivity index is 1.87. The second-order valence-electron chi connectivity index (χ2n) is 7.82. The Morgan fingerprint density at radius 3 is 2.71 bits per heavy atom. The van der Waals surface area contributed by atoms with Crippen LogP contribution in [0.3, 0.4) is 0 Å². The third-order valence-corrected chi connectivity index (χ3v) is 5.90. The lowest BCUT2D eigenvalue weighted by molar-refractivity contribution is 0.437. The lowest BCUT2D eigenvalue weighted by Gasteiger charge is -2.26. The minimum atomic E-state index is 0.531. The molecule has 28 heavy (non-hydrogen) atoms. The smallest absolute Gasteiger partial charge is 0.138 e. The number of pyridine rings is 1. The highest BCUT2D eigenvalue weighted by Crippen LogP contribution is 2.41. The molecule has 0 bridgehead atoms. The molecule has 0 atom stereocenters. The third-order valence-electron chi connectivity index (χ3n) is 5.90. The number of rotatable bonds is 4. The Labute approximate surface area is 168 Å². The van der Waals surface area contributed by atoms with Gasteiger partial charge in [-0.3, -0.25) is 0 Å². The van der Waals surface area contributed by atoms with Crippen molar-refractivity contribution in [2.75, 3.05) is 5.32 Å². The van der Waals surface area contributed by atoms with Crippen LogP contribution in [-0.4, -0.2) is 4.98 Å². The molecule has 1 saturated carbocycles. The van der Waals surface area contributed by atoms with Crippen LogP contribution >= 0.6 is 0 Å². The molecule has 0 saturated heterocycles. The highest BCUT2D eigenvalue weighted by molar-refractivity contribution is 5.86. The first kappa shape index (κ1) is 18.5. The predicted octanol–water partition coefficient (Wildman–Crippen LogP) is 7.26. The molecule has 1 aromatic heterocycles. The molecule has 2 heterocycles. The number of nitrogens with one attached hydrogen (secondary N) is 1. The number of anilines is 1. The number of nitrogens with zero attached hydrogens (tertiary/aromatic N) is 1. The van der Waals surface area contributed by atoms with E-state index in [4.69, 9.17) is 4.98 Å². The molecule has 1 N–H and O–H groups in total. The Morgan fingerprint density at radius 2 is 1.93 bits per heavy atom. The van der Waals surface area contributed by atoms with E-state index in [-0.39, 0.29) is 0 Å². The molecule has 0 amide bonds. The van der Waals surface area contributed by atoms with Crippen molar-refractivity contribution in [3.05, 3.63) is 84.2 Å². The van der Waals surface area contributed by atoms with Crippen LogP contribution in [0.4, 0.5) is 5.82 Å². The SMILES string of the molecule is C=C/C=C\c1cc(-c2cc3c(nc2C2CCCCC2)NC=CC3=C)ccc1C. The zero-order valence-corrected chi connectivity index (χ0v) is 16.7. The van der Waals surface area contributed by atoms with Gasteiger partial charge >= 0.3 is 0 Å². The first-order valence-corrected chi connectivity index (χ1v) is 10.2. The van der Waals surface area contributed by atoms with Crippen molar-refractivity contribution >= 4 is 17.5 Å². The van der Waals surface area contributed by atoms with E-state index < -0.39 is 0 Å². The summed E-state index contributed by atoms with van der Waals surface area (Å²) in [6.45, 7) is 10.2. The van der Waals surface area contributed by atoms with Gasteiger partial charge in [-0.25, -0.2) is 4.98 Å². The lowest BCUT2D eigenvalue weighted by atomic mass is 9.82. The summed E-state index contributed by atoms with van der Waals surface area (Å²) in [7, 11) is 0. The predicted molar refractivity (Wildman–Crippen MR) is 121 cm³/mol. The van der Waals surface area contributed by atoms with Crippen LogP contribution in [0.25, 0.3) is 22.8 Å². The number of aromatic nitrogens is 1. The summed E-state index contributed by atoms with van der Waals surface area (Å²) >= 11 is 0. The van der Waals surface area contributed by atoms with Crippen molar-refractivity contribution in [1.29, 1.82) is 0 Å². The Kier molecular flexibility index (Phi) is 5.29. The molecule has 2 heteroatoms. The monoisotopic (exact) mass is 368 g/mol. The van der Waals surface area contributed by atoms with Crippen LogP contribution in [0.1, 0.15) is 60.4 Å². The fourth-order valence-corrected chi connectivity index (χ4v) is 4.27. The van der Waals surface area contributed by atoms with Crippen molar-refractivity contribution in [2.45, 2.75) is 44.9 Å². The molecule has 0 spiro atoms. The molecule has 1 aliphatic heterocycles. The fourth-order valence-electron chi connectivity index (χ4n) is 4.27. The topological polar surface area (TPSA) is 24.9 Å². The maximum Gasteiger partial charge on any atom is 0.138 e. The molecule has 1 aromatic carbocycles. The number of benzene rings is 1. The number of hydrogen-bond acceptors (Lipinski definition) is 2. The lowest BCUT2D eigenvalue weighted by Crippen LogP contribution is -2.12. The van der Waals surface area contributed by atoms with Crippen LogP contribution in [-0.2, 0) is 0 Å². The van der Waals surface area contributed by atoms with Crippen molar-refractivity contribution in [3.8, 4) is 11.1 Å². The highest BCUT2D eigenvalue weighted by atomic mass is 15.0. The quantitative estimate of drug-likeness (QED) is 0.575. The second-order valence-corrected chi connectivity index (χ2v) is 7.82. The summed E-state index contributed by atoms with van der Waals surface area (Å²) in [5.74, 6) is 1.47. The zero-order chi connectivity index (χ0) is 19.5. The summed E-state index contributed by atoms with van der Waals surface area (Å²) < 4.78 is 0. The van der Waals surface area contributed by atoms with Gasteiger partial charge in [0.2, 0.25) is 0 Å². The molecule has 2 nitrogen and oxygen atoms in total. The summed E-state index contributed by atoms with van der Waals surface area (Å²) in [6.07, 6.45) is 16.3. The molecular weight excluding hydrogens is 340 g/mol.